The summed E-state index contributed by atoms with van der Waals surface area (Å²) in [4.78, 5) is 26.3. The summed E-state index contributed by atoms with van der Waals surface area (Å²) in [7, 11) is 1.65. The van der Waals surface area contributed by atoms with Crippen molar-refractivity contribution in [1.82, 2.24) is 5.32 Å². The molecule has 5 nitrogen and oxygen atoms in total. The highest BCUT2D eigenvalue weighted by atomic mass is 16.5. The van der Waals surface area contributed by atoms with E-state index >= 15 is 0 Å². The maximum atomic E-state index is 12.5. The molecule has 2 aromatic rings. The van der Waals surface area contributed by atoms with Crippen molar-refractivity contribution in [3.05, 3.63) is 58.7 Å². The minimum absolute atomic E-state index is 0.0910. The SMILES string of the molecule is COc1ccccc1CCNC(=O)c1cc2c3c(c1)CC(=O)N3CC2. The van der Waals surface area contributed by atoms with Crippen molar-refractivity contribution >= 4 is 17.5 Å². The molecule has 1 N–H and O–H groups in total. The molecule has 2 heterocycles. The topological polar surface area (TPSA) is 58.6 Å². The molecule has 0 atom stereocenters. The number of ether oxygens (including phenoxy) is 1. The van der Waals surface area contributed by atoms with E-state index in [4.69, 9.17) is 4.74 Å². The highest BCUT2D eigenvalue weighted by Gasteiger charge is 2.34. The second-order valence-electron chi connectivity index (χ2n) is 6.43. The highest BCUT2D eigenvalue weighted by Crippen LogP contribution is 2.38. The third-order valence-corrected chi connectivity index (χ3v) is 4.92. The number of hydrogen-bond donors (Lipinski definition) is 1. The molecule has 25 heavy (non-hydrogen) atoms. The fraction of sp³-hybridized carbons (Fsp3) is 0.300. The fourth-order valence-corrected chi connectivity index (χ4v) is 3.74. The Morgan fingerprint density at radius 3 is 2.88 bits per heavy atom. The zero-order chi connectivity index (χ0) is 17.4. The predicted octanol–water partition coefficient (Wildman–Crippen LogP) is 2.11. The number of methoxy groups -OCH3 is 1. The molecule has 0 aliphatic carbocycles. The van der Waals surface area contributed by atoms with Gasteiger partial charge < -0.3 is 15.0 Å². The first-order valence-electron chi connectivity index (χ1n) is 8.53. The molecule has 2 aliphatic rings. The van der Waals surface area contributed by atoms with E-state index < -0.39 is 0 Å². The zero-order valence-corrected chi connectivity index (χ0v) is 14.2. The van der Waals surface area contributed by atoms with Crippen molar-refractivity contribution in [2.45, 2.75) is 19.3 Å². The van der Waals surface area contributed by atoms with Crippen molar-refractivity contribution in [3.63, 3.8) is 0 Å². The van der Waals surface area contributed by atoms with Gasteiger partial charge in [-0.05, 0) is 47.7 Å². The molecule has 2 aliphatic heterocycles. The number of benzene rings is 2. The number of anilines is 1. The molecular formula is C20H20N2O3. The predicted molar refractivity (Wildman–Crippen MR) is 95.2 cm³/mol. The summed E-state index contributed by atoms with van der Waals surface area (Å²) in [6.07, 6.45) is 1.95. The highest BCUT2D eigenvalue weighted by molar-refractivity contribution is 6.05. The number of amides is 2. The van der Waals surface area contributed by atoms with Crippen LogP contribution in [0.25, 0.3) is 0 Å². The summed E-state index contributed by atoms with van der Waals surface area (Å²) in [5.74, 6) is 0.885. The largest absolute Gasteiger partial charge is 0.496 e. The van der Waals surface area contributed by atoms with Crippen LogP contribution >= 0.6 is 0 Å². The van der Waals surface area contributed by atoms with Crippen molar-refractivity contribution in [1.29, 1.82) is 0 Å². The summed E-state index contributed by atoms with van der Waals surface area (Å²) in [6.45, 7) is 1.27. The van der Waals surface area contributed by atoms with Crippen LogP contribution in [-0.4, -0.2) is 32.0 Å². The van der Waals surface area contributed by atoms with E-state index in [0.29, 0.717) is 24.9 Å². The van der Waals surface area contributed by atoms with Crippen LogP contribution in [0.5, 0.6) is 5.75 Å². The summed E-state index contributed by atoms with van der Waals surface area (Å²) in [5.41, 5.74) is 4.84. The lowest BCUT2D eigenvalue weighted by Crippen LogP contribution is -2.26. The van der Waals surface area contributed by atoms with Gasteiger partial charge in [0.1, 0.15) is 5.75 Å². The first-order chi connectivity index (χ1) is 12.2. The number of carbonyl (C=O) groups excluding carboxylic acids is 2. The second kappa shape index (κ2) is 6.24. The van der Waals surface area contributed by atoms with Crippen LogP contribution in [0.1, 0.15) is 27.0 Å². The Hall–Kier alpha value is -2.82. The number of para-hydroxylation sites is 1. The van der Waals surface area contributed by atoms with Gasteiger partial charge in [-0.3, -0.25) is 9.59 Å². The van der Waals surface area contributed by atoms with Crippen LogP contribution in [0.3, 0.4) is 0 Å². The van der Waals surface area contributed by atoms with Gasteiger partial charge in [-0.1, -0.05) is 18.2 Å². The van der Waals surface area contributed by atoms with E-state index in [1.807, 2.05) is 41.3 Å². The number of rotatable bonds is 5. The Bertz CT molecular complexity index is 860. The minimum Gasteiger partial charge on any atom is -0.496 e. The minimum atomic E-state index is -0.0910. The van der Waals surface area contributed by atoms with Gasteiger partial charge in [-0.15, -0.1) is 0 Å². The fourth-order valence-electron chi connectivity index (χ4n) is 3.74. The first-order valence-corrected chi connectivity index (χ1v) is 8.53. The summed E-state index contributed by atoms with van der Waals surface area (Å²) < 4.78 is 5.33. The van der Waals surface area contributed by atoms with Crippen LogP contribution in [0, 0.1) is 0 Å². The monoisotopic (exact) mass is 336 g/mol. The van der Waals surface area contributed by atoms with Crippen LogP contribution in [-0.2, 0) is 24.1 Å². The van der Waals surface area contributed by atoms with Gasteiger partial charge in [-0.25, -0.2) is 0 Å². The van der Waals surface area contributed by atoms with Gasteiger partial charge >= 0.3 is 0 Å². The van der Waals surface area contributed by atoms with Crippen LogP contribution in [0.4, 0.5) is 5.69 Å². The molecule has 0 spiro atoms. The van der Waals surface area contributed by atoms with E-state index in [0.717, 1.165) is 41.1 Å². The molecule has 0 aromatic heterocycles. The summed E-state index contributed by atoms with van der Waals surface area (Å²) >= 11 is 0. The Labute approximate surface area is 146 Å². The van der Waals surface area contributed by atoms with Gasteiger partial charge in [0.25, 0.3) is 5.91 Å². The van der Waals surface area contributed by atoms with Gasteiger partial charge in [0.05, 0.1) is 19.2 Å². The lowest BCUT2D eigenvalue weighted by Gasteiger charge is -2.11. The maximum Gasteiger partial charge on any atom is 0.251 e. The number of carbonyl (C=O) groups is 2. The van der Waals surface area contributed by atoms with E-state index in [9.17, 15) is 9.59 Å². The van der Waals surface area contributed by atoms with Gasteiger partial charge in [0, 0.05) is 18.7 Å². The third-order valence-electron chi connectivity index (χ3n) is 4.92. The number of nitrogens with one attached hydrogen (secondary N) is 1. The maximum absolute atomic E-state index is 12.5. The smallest absolute Gasteiger partial charge is 0.251 e. The normalized spacial score (nSPS) is 14.6. The molecule has 0 bridgehead atoms. The van der Waals surface area contributed by atoms with Crippen molar-refractivity contribution in [3.8, 4) is 5.75 Å². The molecule has 0 saturated heterocycles. The van der Waals surface area contributed by atoms with Crippen molar-refractivity contribution < 1.29 is 14.3 Å². The summed E-state index contributed by atoms with van der Waals surface area (Å²) in [6, 6.07) is 11.6. The Morgan fingerprint density at radius 1 is 1.24 bits per heavy atom. The number of nitrogens with zero attached hydrogens (tertiary/aromatic N) is 1. The van der Waals surface area contributed by atoms with E-state index in [2.05, 4.69) is 5.32 Å². The van der Waals surface area contributed by atoms with Crippen LogP contribution in [0.2, 0.25) is 0 Å². The molecule has 0 unspecified atom stereocenters. The number of hydrogen-bond acceptors (Lipinski definition) is 3. The third kappa shape index (κ3) is 2.76. The Kier molecular flexibility index (Phi) is 3.92. The summed E-state index contributed by atoms with van der Waals surface area (Å²) in [5, 5.41) is 2.97. The molecule has 5 heteroatoms. The molecule has 0 radical (unpaired) electrons. The van der Waals surface area contributed by atoms with E-state index in [1.54, 1.807) is 7.11 Å². The lowest BCUT2D eigenvalue weighted by atomic mass is 10.0. The molecule has 0 fully saturated rings. The lowest BCUT2D eigenvalue weighted by molar-refractivity contribution is -0.117. The van der Waals surface area contributed by atoms with Gasteiger partial charge in [-0.2, -0.15) is 0 Å². The first kappa shape index (κ1) is 15.7. The Morgan fingerprint density at radius 2 is 2.04 bits per heavy atom. The van der Waals surface area contributed by atoms with Crippen molar-refractivity contribution in [2.75, 3.05) is 25.1 Å². The molecule has 0 saturated carbocycles. The second-order valence-corrected chi connectivity index (χ2v) is 6.43. The van der Waals surface area contributed by atoms with Gasteiger partial charge in [0.2, 0.25) is 5.91 Å². The average Bonchev–Trinajstić information content (AvgIpc) is 3.19. The van der Waals surface area contributed by atoms with E-state index in [1.165, 1.54) is 0 Å². The molecule has 2 aromatic carbocycles. The van der Waals surface area contributed by atoms with Crippen LogP contribution < -0.4 is 15.0 Å². The Balaban J connectivity index is 1.44. The quantitative estimate of drug-likeness (QED) is 0.910. The zero-order valence-electron chi connectivity index (χ0n) is 14.2. The molecule has 4 rings (SSSR count). The van der Waals surface area contributed by atoms with Gasteiger partial charge in [0.15, 0.2) is 0 Å². The average molecular weight is 336 g/mol. The molecular weight excluding hydrogens is 316 g/mol. The van der Waals surface area contributed by atoms with E-state index in [-0.39, 0.29) is 11.8 Å². The molecule has 2 amide bonds. The molecule has 128 valence electrons. The standard InChI is InChI=1S/C20H20N2O3/c1-25-17-5-3-2-4-13(17)6-8-21-20(24)16-10-14-7-9-22-18(23)12-15(11-16)19(14)22/h2-5,10-11H,6-9,12H2,1H3,(H,21,24). The van der Waals surface area contributed by atoms with Crippen molar-refractivity contribution in [2.24, 2.45) is 0 Å². The van der Waals surface area contributed by atoms with Crippen LogP contribution in [0.15, 0.2) is 36.4 Å².